The third kappa shape index (κ3) is 0.827. The summed E-state index contributed by atoms with van der Waals surface area (Å²) in [6.45, 7) is 0. The molecule has 0 radical (unpaired) electrons. The molecule has 0 aliphatic heterocycles. The van der Waals surface area contributed by atoms with Gasteiger partial charge in [0.05, 0.1) is 11.2 Å². The van der Waals surface area contributed by atoms with Gasteiger partial charge in [0.25, 0.3) is 0 Å². The van der Waals surface area contributed by atoms with Gasteiger partial charge in [0.15, 0.2) is 0 Å². The van der Waals surface area contributed by atoms with Crippen LogP contribution in [0.25, 0.3) is 11.0 Å². The number of aromatic nitrogens is 3. The molecule has 0 saturated carbocycles. The zero-order chi connectivity index (χ0) is 8.72. The van der Waals surface area contributed by atoms with Gasteiger partial charge in [0.1, 0.15) is 11.3 Å². The first-order chi connectivity index (χ1) is 5.68. The molecule has 1 aromatic heterocycles. The van der Waals surface area contributed by atoms with Crippen molar-refractivity contribution in [1.29, 1.82) is 0 Å². The van der Waals surface area contributed by atoms with Crippen LogP contribution in [0.15, 0.2) is 12.1 Å². The van der Waals surface area contributed by atoms with Crippen LogP contribution < -0.4 is 5.73 Å². The van der Waals surface area contributed by atoms with Gasteiger partial charge >= 0.3 is 0 Å². The summed E-state index contributed by atoms with van der Waals surface area (Å²) < 4.78 is 14.4. The van der Waals surface area contributed by atoms with Gasteiger partial charge in [0.2, 0.25) is 0 Å². The number of nitrogen functional groups attached to an aromatic ring is 1. The van der Waals surface area contributed by atoms with E-state index in [1.807, 2.05) is 0 Å². The molecule has 2 rings (SSSR count). The van der Waals surface area contributed by atoms with Crippen LogP contribution in [0.5, 0.6) is 0 Å². The van der Waals surface area contributed by atoms with Gasteiger partial charge in [-0.1, -0.05) is 5.21 Å². The molecule has 0 bridgehead atoms. The number of hydrogen-bond donors (Lipinski definition) is 1. The van der Waals surface area contributed by atoms with Crippen molar-refractivity contribution in [3.63, 3.8) is 0 Å². The van der Waals surface area contributed by atoms with Crippen LogP contribution in [-0.4, -0.2) is 15.0 Å². The Hall–Kier alpha value is -1.65. The summed E-state index contributed by atoms with van der Waals surface area (Å²) in [5.41, 5.74) is 6.69. The van der Waals surface area contributed by atoms with Gasteiger partial charge in [-0.2, -0.15) is 0 Å². The van der Waals surface area contributed by atoms with Gasteiger partial charge in [0, 0.05) is 13.1 Å². The van der Waals surface area contributed by atoms with Crippen LogP contribution in [0.3, 0.4) is 0 Å². The Bertz CT molecular complexity index is 434. The lowest BCUT2D eigenvalue weighted by molar-refractivity contribution is 0.632. The van der Waals surface area contributed by atoms with Crippen molar-refractivity contribution in [1.82, 2.24) is 15.0 Å². The molecule has 0 aliphatic carbocycles. The van der Waals surface area contributed by atoms with Crippen molar-refractivity contribution in [2.75, 3.05) is 5.73 Å². The van der Waals surface area contributed by atoms with Crippen molar-refractivity contribution >= 4 is 16.7 Å². The Morgan fingerprint density at radius 2 is 2.25 bits per heavy atom. The number of nitrogens with zero attached hydrogens (tertiary/aromatic N) is 3. The van der Waals surface area contributed by atoms with Gasteiger partial charge in [-0.3, -0.25) is 0 Å². The largest absolute Gasteiger partial charge is 0.396 e. The minimum absolute atomic E-state index is 0.100. The van der Waals surface area contributed by atoms with Crippen LogP contribution in [-0.2, 0) is 7.05 Å². The molecule has 62 valence electrons. The van der Waals surface area contributed by atoms with Crippen LogP contribution in [0.4, 0.5) is 10.1 Å². The maximum atomic E-state index is 12.9. The van der Waals surface area contributed by atoms with E-state index in [1.54, 1.807) is 7.05 Å². The Morgan fingerprint density at radius 3 is 3.00 bits per heavy atom. The lowest BCUT2D eigenvalue weighted by Gasteiger charge is -1.95. The first-order valence-electron chi connectivity index (χ1n) is 3.43. The average molecular weight is 166 g/mol. The number of hydrogen-bond acceptors (Lipinski definition) is 3. The number of rotatable bonds is 0. The predicted octanol–water partition coefficient (Wildman–Crippen LogP) is 0.690. The van der Waals surface area contributed by atoms with Crippen molar-refractivity contribution in [2.24, 2.45) is 7.05 Å². The fraction of sp³-hybridized carbons (Fsp3) is 0.143. The van der Waals surface area contributed by atoms with Crippen molar-refractivity contribution in [3.05, 3.63) is 17.9 Å². The molecular weight excluding hydrogens is 159 g/mol. The van der Waals surface area contributed by atoms with E-state index < -0.39 is 5.82 Å². The third-order valence-corrected chi connectivity index (χ3v) is 1.73. The standard InChI is InChI=1S/C7H7FN4/c1-12-7-2-4(8)5(9)3-6(7)10-11-12/h2-3H,9H2,1H3. The molecule has 0 fully saturated rings. The van der Waals surface area contributed by atoms with Crippen LogP contribution in [0, 0.1) is 5.82 Å². The quantitative estimate of drug-likeness (QED) is 0.586. The molecule has 0 spiro atoms. The first-order valence-corrected chi connectivity index (χ1v) is 3.43. The van der Waals surface area contributed by atoms with Crippen molar-refractivity contribution in [3.8, 4) is 0 Å². The molecule has 1 aromatic carbocycles. The highest BCUT2D eigenvalue weighted by molar-refractivity contribution is 5.78. The maximum absolute atomic E-state index is 12.9. The minimum atomic E-state index is -0.437. The molecule has 0 atom stereocenters. The van der Waals surface area contributed by atoms with E-state index in [9.17, 15) is 4.39 Å². The number of benzene rings is 1. The Balaban J connectivity index is 2.87. The van der Waals surface area contributed by atoms with Gasteiger partial charge in [-0.15, -0.1) is 5.10 Å². The minimum Gasteiger partial charge on any atom is -0.396 e. The zero-order valence-corrected chi connectivity index (χ0v) is 6.45. The summed E-state index contributed by atoms with van der Waals surface area (Å²) in [6.07, 6.45) is 0. The molecule has 2 N–H and O–H groups in total. The average Bonchev–Trinajstić information content (AvgIpc) is 2.35. The monoisotopic (exact) mass is 166 g/mol. The molecule has 2 aromatic rings. The predicted molar refractivity (Wildman–Crippen MR) is 42.9 cm³/mol. The normalized spacial score (nSPS) is 10.8. The van der Waals surface area contributed by atoms with E-state index in [4.69, 9.17) is 5.73 Å². The van der Waals surface area contributed by atoms with Crippen molar-refractivity contribution < 1.29 is 4.39 Å². The molecule has 4 nitrogen and oxygen atoms in total. The molecule has 5 heteroatoms. The fourth-order valence-corrected chi connectivity index (χ4v) is 1.07. The molecule has 12 heavy (non-hydrogen) atoms. The Morgan fingerprint density at radius 1 is 1.50 bits per heavy atom. The molecule has 0 aliphatic rings. The van der Waals surface area contributed by atoms with E-state index >= 15 is 0 Å². The van der Waals surface area contributed by atoms with Gasteiger partial charge in [-0.05, 0) is 6.07 Å². The Labute approximate surface area is 67.8 Å². The summed E-state index contributed by atoms with van der Waals surface area (Å²) >= 11 is 0. The molecule has 0 saturated heterocycles. The maximum Gasteiger partial charge on any atom is 0.148 e. The van der Waals surface area contributed by atoms with Crippen LogP contribution in [0.1, 0.15) is 0 Å². The topological polar surface area (TPSA) is 56.7 Å². The lowest BCUT2D eigenvalue weighted by Crippen LogP contribution is -1.92. The highest BCUT2D eigenvalue weighted by atomic mass is 19.1. The molecular formula is C7H7FN4. The van der Waals surface area contributed by atoms with Gasteiger partial charge in [-0.25, -0.2) is 9.07 Å². The lowest BCUT2D eigenvalue weighted by atomic mass is 10.2. The van der Waals surface area contributed by atoms with E-state index in [0.717, 1.165) is 0 Å². The second-order valence-electron chi connectivity index (χ2n) is 2.58. The third-order valence-electron chi connectivity index (χ3n) is 1.73. The van der Waals surface area contributed by atoms with Crippen LogP contribution in [0.2, 0.25) is 0 Å². The van der Waals surface area contributed by atoms with E-state index in [0.29, 0.717) is 11.0 Å². The number of nitrogens with two attached hydrogens (primary N) is 1. The fourth-order valence-electron chi connectivity index (χ4n) is 1.07. The number of aryl methyl sites for hydroxylation is 1. The highest BCUT2D eigenvalue weighted by Gasteiger charge is 2.05. The van der Waals surface area contributed by atoms with E-state index in [2.05, 4.69) is 10.3 Å². The highest BCUT2D eigenvalue weighted by Crippen LogP contribution is 2.17. The second kappa shape index (κ2) is 2.17. The van der Waals surface area contributed by atoms with E-state index in [1.165, 1.54) is 16.8 Å². The first kappa shape index (κ1) is 7.02. The SMILES string of the molecule is Cn1nnc2cc(N)c(F)cc21. The molecule has 0 unspecified atom stereocenters. The summed E-state index contributed by atoms with van der Waals surface area (Å²) in [5.74, 6) is -0.437. The van der Waals surface area contributed by atoms with Crippen molar-refractivity contribution in [2.45, 2.75) is 0 Å². The second-order valence-corrected chi connectivity index (χ2v) is 2.58. The smallest absolute Gasteiger partial charge is 0.148 e. The number of fused-ring (bicyclic) bond motifs is 1. The van der Waals surface area contributed by atoms with Crippen LogP contribution >= 0.6 is 0 Å². The summed E-state index contributed by atoms with van der Waals surface area (Å²) in [7, 11) is 1.70. The Kier molecular flexibility index (Phi) is 1.27. The van der Waals surface area contributed by atoms with E-state index in [-0.39, 0.29) is 5.69 Å². The number of anilines is 1. The zero-order valence-electron chi connectivity index (χ0n) is 6.45. The summed E-state index contributed by atoms with van der Waals surface area (Å²) in [5, 5.41) is 7.51. The number of halogens is 1. The summed E-state index contributed by atoms with van der Waals surface area (Å²) in [4.78, 5) is 0. The van der Waals surface area contributed by atoms with Gasteiger partial charge < -0.3 is 5.73 Å². The summed E-state index contributed by atoms with van der Waals surface area (Å²) in [6, 6.07) is 2.79. The molecule has 1 heterocycles. The molecule has 0 amide bonds.